The monoisotopic (exact) mass is 521 g/mol. The van der Waals surface area contributed by atoms with Crippen LogP contribution in [0.15, 0.2) is 64.4 Å². The lowest BCUT2D eigenvalue weighted by Crippen LogP contribution is -2.45. The van der Waals surface area contributed by atoms with Crippen LogP contribution in [0.25, 0.3) is 0 Å². The molecule has 2 aromatic carbocycles. The molecule has 9 nitrogen and oxygen atoms in total. The van der Waals surface area contributed by atoms with Gasteiger partial charge in [0, 0.05) is 26.2 Å². The smallest absolute Gasteiger partial charge is 0.243 e. The molecule has 1 unspecified atom stereocenters. The zero-order chi connectivity index (χ0) is 24.9. The van der Waals surface area contributed by atoms with E-state index >= 15 is 0 Å². The standard InChI is InChI=1S/C24H31N3O6S2/c28-24(20-7-6-17-27(19-20)35(31,32)22-8-2-1-3-9-22)25-14-18-33-21-10-12-23(13-11-21)34(29,30)26-15-4-5-16-26/h1-3,8-13,20H,4-7,14-19H2,(H,25,28). The van der Waals surface area contributed by atoms with Crippen molar-refractivity contribution in [1.29, 1.82) is 0 Å². The minimum absolute atomic E-state index is 0.150. The molecule has 2 heterocycles. The van der Waals surface area contributed by atoms with Gasteiger partial charge in [-0.15, -0.1) is 0 Å². The van der Waals surface area contributed by atoms with Crippen LogP contribution in [0.1, 0.15) is 25.7 Å². The molecule has 2 saturated heterocycles. The fourth-order valence-corrected chi connectivity index (χ4v) is 7.45. The first-order valence-electron chi connectivity index (χ1n) is 11.8. The van der Waals surface area contributed by atoms with Crippen molar-refractivity contribution in [3.05, 3.63) is 54.6 Å². The molecule has 1 N–H and O–H groups in total. The minimum Gasteiger partial charge on any atom is -0.492 e. The minimum atomic E-state index is -3.63. The molecule has 1 amide bonds. The highest BCUT2D eigenvalue weighted by Gasteiger charge is 2.33. The molecule has 0 aliphatic carbocycles. The van der Waals surface area contributed by atoms with Gasteiger partial charge in [-0.1, -0.05) is 18.2 Å². The zero-order valence-corrected chi connectivity index (χ0v) is 21.1. The molecule has 2 aliphatic rings. The van der Waals surface area contributed by atoms with Crippen molar-refractivity contribution in [1.82, 2.24) is 13.9 Å². The lowest BCUT2D eigenvalue weighted by atomic mass is 9.99. The number of carbonyl (C=O) groups is 1. The van der Waals surface area contributed by atoms with Gasteiger partial charge in [0.15, 0.2) is 0 Å². The number of hydrogen-bond donors (Lipinski definition) is 1. The van der Waals surface area contributed by atoms with Crippen LogP contribution in [0.2, 0.25) is 0 Å². The average molecular weight is 522 g/mol. The van der Waals surface area contributed by atoms with Gasteiger partial charge >= 0.3 is 0 Å². The molecule has 4 rings (SSSR count). The SMILES string of the molecule is O=C(NCCOc1ccc(S(=O)(=O)N2CCCC2)cc1)C1CCCN(S(=O)(=O)c2ccccc2)C1. The Morgan fingerprint density at radius 3 is 2.11 bits per heavy atom. The third kappa shape index (κ3) is 6.03. The van der Waals surface area contributed by atoms with E-state index < -0.39 is 26.0 Å². The van der Waals surface area contributed by atoms with Gasteiger partial charge in [0.1, 0.15) is 12.4 Å². The highest BCUT2D eigenvalue weighted by Crippen LogP contribution is 2.24. The molecule has 0 radical (unpaired) electrons. The molecule has 190 valence electrons. The Bertz CT molecular complexity index is 1210. The Morgan fingerprint density at radius 1 is 0.829 bits per heavy atom. The zero-order valence-electron chi connectivity index (χ0n) is 19.5. The largest absolute Gasteiger partial charge is 0.492 e. The summed E-state index contributed by atoms with van der Waals surface area (Å²) in [7, 11) is -7.09. The number of sulfonamides is 2. The highest BCUT2D eigenvalue weighted by molar-refractivity contribution is 7.89. The summed E-state index contributed by atoms with van der Waals surface area (Å²) < 4.78 is 59.4. The van der Waals surface area contributed by atoms with E-state index in [9.17, 15) is 21.6 Å². The lowest BCUT2D eigenvalue weighted by molar-refractivity contribution is -0.126. The summed E-state index contributed by atoms with van der Waals surface area (Å²) in [4.78, 5) is 13.1. The number of nitrogens with zero attached hydrogens (tertiary/aromatic N) is 2. The summed E-state index contributed by atoms with van der Waals surface area (Å²) in [6, 6.07) is 14.5. The number of hydrogen-bond acceptors (Lipinski definition) is 6. The first kappa shape index (κ1) is 25.6. The van der Waals surface area contributed by atoms with Gasteiger partial charge in [-0.3, -0.25) is 4.79 Å². The van der Waals surface area contributed by atoms with Crippen LogP contribution < -0.4 is 10.1 Å². The third-order valence-corrected chi connectivity index (χ3v) is 10.1. The van der Waals surface area contributed by atoms with Crippen molar-refractivity contribution >= 4 is 26.0 Å². The molecule has 0 aromatic heterocycles. The van der Waals surface area contributed by atoms with Gasteiger partial charge in [-0.25, -0.2) is 16.8 Å². The second kappa shape index (κ2) is 11.1. The van der Waals surface area contributed by atoms with Crippen LogP contribution in [0, 0.1) is 5.92 Å². The fraction of sp³-hybridized carbons (Fsp3) is 0.458. The van der Waals surface area contributed by atoms with E-state index in [1.165, 1.54) is 20.7 Å². The van der Waals surface area contributed by atoms with E-state index in [-0.39, 0.29) is 35.4 Å². The van der Waals surface area contributed by atoms with Gasteiger partial charge in [-0.2, -0.15) is 8.61 Å². The molecular weight excluding hydrogens is 490 g/mol. The quantitative estimate of drug-likeness (QED) is 0.506. The topological polar surface area (TPSA) is 113 Å². The van der Waals surface area contributed by atoms with Gasteiger partial charge in [-0.05, 0) is 62.1 Å². The van der Waals surface area contributed by atoms with Crippen LogP contribution in [-0.4, -0.2) is 70.7 Å². The normalized spacial score (nSPS) is 19.9. The van der Waals surface area contributed by atoms with E-state index in [0.717, 1.165) is 12.8 Å². The third-order valence-electron chi connectivity index (χ3n) is 6.33. The summed E-state index contributed by atoms with van der Waals surface area (Å²) in [6.07, 6.45) is 3.01. The first-order chi connectivity index (χ1) is 16.8. The molecule has 1 atom stereocenters. The summed E-state index contributed by atoms with van der Waals surface area (Å²) in [5, 5.41) is 2.82. The maximum atomic E-state index is 12.9. The summed E-state index contributed by atoms with van der Waals surface area (Å²) in [6.45, 7) is 2.12. The van der Waals surface area contributed by atoms with Crippen molar-refractivity contribution in [2.45, 2.75) is 35.5 Å². The molecular formula is C24H31N3O6S2. The number of nitrogens with one attached hydrogen (secondary N) is 1. The summed E-state index contributed by atoms with van der Waals surface area (Å²) in [5.74, 6) is -0.108. The van der Waals surface area contributed by atoms with Crippen LogP contribution in [0.3, 0.4) is 0 Å². The number of ether oxygens (including phenoxy) is 1. The van der Waals surface area contributed by atoms with Crippen LogP contribution in [-0.2, 0) is 24.8 Å². The van der Waals surface area contributed by atoms with Crippen LogP contribution >= 0.6 is 0 Å². The van der Waals surface area contributed by atoms with Crippen molar-refractivity contribution in [2.24, 2.45) is 5.92 Å². The second-order valence-electron chi connectivity index (χ2n) is 8.74. The van der Waals surface area contributed by atoms with E-state index in [4.69, 9.17) is 4.74 Å². The van der Waals surface area contributed by atoms with E-state index in [2.05, 4.69) is 5.32 Å². The van der Waals surface area contributed by atoms with Crippen molar-refractivity contribution in [3.8, 4) is 5.75 Å². The van der Waals surface area contributed by atoms with Crippen LogP contribution in [0.5, 0.6) is 5.75 Å². The molecule has 0 bridgehead atoms. The van der Waals surface area contributed by atoms with E-state index in [1.807, 2.05) is 0 Å². The molecule has 2 aromatic rings. The molecule has 0 spiro atoms. The van der Waals surface area contributed by atoms with Crippen molar-refractivity contribution in [3.63, 3.8) is 0 Å². The average Bonchev–Trinajstić information content (AvgIpc) is 3.44. The van der Waals surface area contributed by atoms with Crippen molar-refractivity contribution in [2.75, 3.05) is 39.3 Å². The number of amides is 1. The van der Waals surface area contributed by atoms with Gasteiger partial charge in [0.2, 0.25) is 26.0 Å². The first-order valence-corrected chi connectivity index (χ1v) is 14.7. The van der Waals surface area contributed by atoms with E-state index in [0.29, 0.717) is 38.2 Å². The Hall–Kier alpha value is -2.47. The van der Waals surface area contributed by atoms with Crippen molar-refractivity contribution < 1.29 is 26.4 Å². The lowest BCUT2D eigenvalue weighted by Gasteiger charge is -2.31. The number of benzene rings is 2. The Balaban J connectivity index is 1.24. The molecule has 2 aliphatic heterocycles. The summed E-state index contributed by atoms with van der Waals surface area (Å²) >= 11 is 0. The van der Waals surface area contributed by atoms with Crippen LogP contribution in [0.4, 0.5) is 0 Å². The number of piperidine rings is 1. The predicted molar refractivity (Wildman–Crippen MR) is 131 cm³/mol. The van der Waals surface area contributed by atoms with Gasteiger partial charge < -0.3 is 10.1 Å². The molecule has 0 saturated carbocycles. The molecule has 35 heavy (non-hydrogen) atoms. The Kier molecular flexibility index (Phi) is 8.10. The van der Waals surface area contributed by atoms with E-state index in [1.54, 1.807) is 42.5 Å². The number of rotatable bonds is 9. The van der Waals surface area contributed by atoms with Gasteiger partial charge in [0.05, 0.1) is 22.3 Å². The fourth-order valence-electron chi connectivity index (χ4n) is 4.39. The molecule has 2 fully saturated rings. The maximum absolute atomic E-state index is 12.9. The van der Waals surface area contributed by atoms with Gasteiger partial charge in [0.25, 0.3) is 0 Å². The highest BCUT2D eigenvalue weighted by atomic mass is 32.2. The Morgan fingerprint density at radius 2 is 1.43 bits per heavy atom. The second-order valence-corrected chi connectivity index (χ2v) is 12.6. The molecule has 11 heteroatoms. The Labute approximate surface area is 207 Å². The summed E-state index contributed by atoms with van der Waals surface area (Å²) in [5.41, 5.74) is 0. The number of carbonyl (C=O) groups excluding carboxylic acids is 1. The predicted octanol–water partition coefficient (Wildman–Crippen LogP) is 2.07. The maximum Gasteiger partial charge on any atom is 0.243 e.